The van der Waals surface area contributed by atoms with E-state index in [0.29, 0.717) is 0 Å². The summed E-state index contributed by atoms with van der Waals surface area (Å²) in [5.74, 6) is 0. The summed E-state index contributed by atoms with van der Waals surface area (Å²) in [7, 11) is 1.87. The molecule has 6 heteroatoms. The normalized spacial score (nSPS) is 22.9. The second kappa shape index (κ2) is 4.20. The number of nitrogens with one attached hydrogen (secondary N) is 1. The minimum atomic E-state index is -0.167. The zero-order valence-electron chi connectivity index (χ0n) is 8.10. The molecule has 2 heterocycles. The second-order valence-electron chi connectivity index (χ2n) is 3.48. The van der Waals surface area contributed by atoms with Gasteiger partial charge in [-0.05, 0) is 6.42 Å². The van der Waals surface area contributed by atoms with Crippen molar-refractivity contribution in [3.05, 3.63) is 5.69 Å². The van der Waals surface area contributed by atoms with E-state index in [0.717, 1.165) is 36.8 Å². The Kier molecular flexibility index (Phi) is 2.95. The Morgan fingerprint density at radius 2 is 2.57 bits per heavy atom. The van der Waals surface area contributed by atoms with Gasteiger partial charge in [0.2, 0.25) is 0 Å². The zero-order chi connectivity index (χ0) is 9.97. The third-order valence-electron chi connectivity index (χ3n) is 2.40. The number of rotatable bonds is 3. The first-order chi connectivity index (χ1) is 6.79. The Balaban J connectivity index is 1.97. The number of aliphatic hydroxyl groups excluding tert-OH is 1. The molecule has 2 rings (SSSR count). The molecule has 0 aromatic carbocycles. The lowest BCUT2D eigenvalue weighted by Gasteiger charge is -2.13. The van der Waals surface area contributed by atoms with E-state index in [1.54, 1.807) is 0 Å². The molecule has 1 aromatic heterocycles. The Labute approximate surface area is 86.9 Å². The topological polar surface area (TPSA) is 61.3 Å². The minimum absolute atomic E-state index is 0.167. The fourth-order valence-electron chi connectivity index (χ4n) is 1.67. The molecule has 1 saturated heterocycles. The van der Waals surface area contributed by atoms with Gasteiger partial charge in [-0.3, -0.25) is 4.90 Å². The molecule has 1 atom stereocenters. The van der Waals surface area contributed by atoms with E-state index < -0.39 is 0 Å². The predicted octanol–water partition coefficient (Wildman–Crippen LogP) is 0.146. The summed E-state index contributed by atoms with van der Waals surface area (Å²) in [5.41, 5.74) is 0.978. The van der Waals surface area contributed by atoms with Crippen LogP contribution in [0.1, 0.15) is 12.1 Å². The standard InChI is InChI=1S/C8H14N4OS/c1-9-8-7(10-11-14-8)5-12-3-2-6(13)4-12/h6,9,13H,2-5H2,1H3. The Morgan fingerprint density at radius 1 is 1.71 bits per heavy atom. The number of hydrogen-bond donors (Lipinski definition) is 2. The van der Waals surface area contributed by atoms with Crippen LogP contribution in [0.15, 0.2) is 0 Å². The summed E-state index contributed by atoms with van der Waals surface area (Å²) in [6, 6.07) is 0. The first-order valence-electron chi connectivity index (χ1n) is 4.69. The molecule has 0 aliphatic carbocycles. The van der Waals surface area contributed by atoms with E-state index in [-0.39, 0.29) is 6.10 Å². The predicted molar refractivity (Wildman–Crippen MR) is 55.4 cm³/mol. The van der Waals surface area contributed by atoms with Crippen LogP contribution in [0.25, 0.3) is 0 Å². The molecule has 1 aromatic rings. The quantitative estimate of drug-likeness (QED) is 0.750. The maximum atomic E-state index is 9.36. The molecule has 78 valence electrons. The third-order valence-corrected chi connectivity index (χ3v) is 3.19. The lowest BCUT2D eigenvalue weighted by molar-refractivity contribution is 0.174. The minimum Gasteiger partial charge on any atom is -0.392 e. The van der Waals surface area contributed by atoms with Crippen molar-refractivity contribution >= 4 is 16.5 Å². The van der Waals surface area contributed by atoms with Crippen LogP contribution in [-0.4, -0.2) is 45.8 Å². The molecular weight excluding hydrogens is 200 g/mol. The van der Waals surface area contributed by atoms with Crippen LogP contribution >= 0.6 is 11.5 Å². The first-order valence-corrected chi connectivity index (χ1v) is 5.46. The number of anilines is 1. The monoisotopic (exact) mass is 214 g/mol. The first kappa shape index (κ1) is 9.82. The molecule has 1 aliphatic heterocycles. The smallest absolute Gasteiger partial charge is 0.134 e. The number of aliphatic hydroxyl groups is 1. The molecule has 0 spiro atoms. The van der Waals surface area contributed by atoms with Gasteiger partial charge >= 0.3 is 0 Å². The van der Waals surface area contributed by atoms with E-state index in [1.807, 2.05) is 7.05 Å². The van der Waals surface area contributed by atoms with Crippen LogP contribution in [0.2, 0.25) is 0 Å². The summed E-state index contributed by atoms with van der Waals surface area (Å²) < 4.78 is 3.89. The fraction of sp³-hybridized carbons (Fsp3) is 0.750. The molecule has 14 heavy (non-hydrogen) atoms. The zero-order valence-corrected chi connectivity index (χ0v) is 8.92. The summed E-state index contributed by atoms with van der Waals surface area (Å²) in [6.07, 6.45) is 0.701. The van der Waals surface area contributed by atoms with Crippen molar-refractivity contribution < 1.29 is 5.11 Å². The van der Waals surface area contributed by atoms with Gasteiger partial charge in [0.15, 0.2) is 0 Å². The van der Waals surface area contributed by atoms with Crippen molar-refractivity contribution in [3.63, 3.8) is 0 Å². The lowest BCUT2D eigenvalue weighted by atomic mass is 10.3. The second-order valence-corrected chi connectivity index (χ2v) is 4.23. The SMILES string of the molecule is CNc1snnc1CN1CCC(O)C1. The highest BCUT2D eigenvalue weighted by Crippen LogP contribution is 2.20. The van der Waals surface area contributed by atoms with Crippen molar-refractivity contribution in [3.8, 4) is 0 Å². The van der Waals surface area contributed by atoms with E-state index in [4.69, 9.17) is 0 Å². The molecule has 0 saturated carbocycles. The number of hydrogen-bond acceptors (Lipinski definition) is 6. The van der Waals surface area contributed by atoms with E-state index in [9.17, 15) is 5.11 Å². The van der Waals surface area contributed by atoms with E-state index in [1.165, 1.54) is 11.5 Å². The molecular formula is C8H14N4OS. The maximum Gasteiger partial charge on any atom is 0.134 e. The highest BCUT2D eigenvalue weighted by atomic mass is 32.1. The van der Waals surface area contributed by atoms with Gasteiger partial charge in [0, 0.05) is 38.2 Å². The summed E-state index contributed by atoms with van der Waals surface area (Å²) >= 11 is 1.37. The highest BCUT2D eigenvalue weighted by Gasteiger charge is 2.21. The van der Waals surface area contributed by atoms with Crippen molar-refractivity contribution in [2.75, 3.05) is 25.5 Å². The average Bonchev–Trinajstić information content (AvgIpc) is 2.76. The Bertz CT molecular complexity index is 303. The van der Waals surface area contributed by atoms with Crippen LogP contribution in [0, 0.1) is 0 Å². The molecule has 0 bridgehead atoms. The highest BCUT2D eigenvalue weighted by molar-refractivity contribution is 7.10. The van der Waals surface area contributed by atoms with E-state index in [2.05, 4.69) is 19.8 Å². The number of nitrogens with zero attached hydrogens (tertiary/aromatic N) is 3. The van der Waals surface area contributed by atoms with Crippen LogP contribution in [0.5, 0.6) is 0 Å². The van der Waals surface area contributed by atoms with E-state index >= 15 is 0 Å². The molecule has 2 N–H and O–H groups in total. The maximum absolute atomic E-state index is 9.36. The summed E-state index contributed by atoms with van der Waals surface area (Å²) in [6.45, 7) is 2.48. The van der Waals surface area contributed by atoms with Crippen LogP contribution in [0.4, 0.5) is 5.00 Å². The summed E-state index contributed by atoms with van der Waals surface area (Å²) in [4.78, 5) is 2.20. The van der Waals surface area contributed by atoms with Crippen molar-refractivity contribution in [2.24, 2.45) is 0 Å². The average molecular weight is 214 g/mol. The molecule has 1 unspecified atom stereocenters. The van der Waals surface area contributed by atoms with Gasteiger partial charge in [-0.25, -0.2) is 0 Å². The van der Waals surface area contributed by atoms with Crippen molar-refractivity contribution in [2.45, 2.75) is 19.1 Å². The molecule has 1 aliphatic rings. The van der Waals surface area contributed by atoms with Crippen molar-refractivity contribution in [1.29, 1.82) is 0 Å². The lowest BCUT2D eigenvalue weighted by Crippen LogP contribution is -2.22. The van der Waals surface area contributed by atoms with Gasteiger partial charge in [-0.1, -0.05) is 4.49 Å². The fourth-order valence-corrected chi connectivity index (χ4v) is 2.19. The van der Waals surface area contributed by atoms with Crippen molar-refractivity contribution in [1.82, 2.24) is 14.5 Å². The molecule has 0 radical (unpaired) electrons. The molecule has 0 amide bonds. The number of aromatic nitrogens is 2. The van der Waals surface area contributed by atoms with Crippen LogP contribution < -0.4 is 5.32 Å². The molecule has 5 nitrogen and oxygen atoms in total. The number of likely N-dealkylation sites (tertiary alicyclic amines) is 1. The Morgan fingerprint density at radius 3 is 3.21 bits per heavy atom. The van der Waals surface area contributed by atoms with Gasteiger partial charge in [0.25, 0.3) is 0 Å². The van der Waals surface area contributed by atoms with Crippen LogP contribution in [-0.2, 0) is 6.54 Å². The third kappa shape index (κ3) is 2.02. The number of β-amino-alcohol motifs (C(OH)–C–C–N with tert-alkyl or cyclic N) is 1. The van der Waals surface area contributed by atoms with Gasteiger partial charge in [0.05, 0.1) is 6.10 Å². The van der Waals surface area contributed by atoms with Crippen LogP contribution in [0.3, 0.4) is 0 Å². The van der Waals surface area contributed by atoms with Gasteiger partial charge in [0.1, 0.15) is 10.7 Å². The Hall–Kier alpha value is -0.720. The largest absolute Gasteiger partial charge is 0.392 e. The van der Waals surface area contributed by atoms with Gasteiger partial charge < -0.3 is 10.4 Å². The van der Waals surface area contributed by atoms with Gasteiger partial charge in [-0.15, -0.1) is 5.10 Å². The summed E-state index contributed by atoms with van der Waals surface area (Å²) in [5, 5.41) is 17.5. The van der Waals surface area contributed by atoms with Gasteiger partial charge in [-0.2, -0.15) is 0 Å². The molecule has 1 fully saturated rings.